The Kier molecular flexibility index (Phi) is 2.49. The van der Waals surface area contributed by atoms with Crippen LogP contribution in [-0.2, 0) is 6.54 Å². The smallest absolute Gasteiger partial charge is 0.218 e. The summed E-state index contributed by atoms with van der Waals surface area (Å²) in [5.41, 5.74) is 1.09. The molecule has 2 aromatic heterocycles. The maximum Gasteiger partial charge on any atom is 0.218 e. The molecule has 2 aromatic rings. The van der Waals surface area contributed by atoms with Crippen molar-refractivity contribution in [3.05, 3.63) is 48.4 Å². The zero-order valence-electron chi connectivity index (χ0n) is 8.05. The predicted molar refractivity (Wildman–Crippen MR) is 54.3 cm³/mol. The molecule has 0 aliphatic heterocycles. The lowest BCUT2D eigenvalue weighted by Gasteiger charge is -2.07. The molecule has 2 rings (SSSR count). The molecule has 0 atom stereocenters. The highest BCUT2D eigenvalue weighted by Crippen LogP contribution is 2.14. The van der Waals surface area contributed by atoms with Gasteiger partial charge >= 0.3 is 0 Å². The number of ether oxygens (including phenoxy) is 1. The Morgan fingerprint density at radius 3 is 2.79 bits per heavy atom. The molecule has 3 heteroatoms. The first-order valence-corrected chi connectivity index (χ1v) is 4.49. The predicted octanol–water partition coefficient (Wildman–Crippen LogP) is 1.94. The van der Waals surface area contributed by atoms with E-state index >= 15 is 0 Å². The van der Waals surface area contributed by atoms with E-state index in [0.717, 1.165) is 12.1 Å². The van der Waals surface area contributed by atoms with Gasteiger partial charge < -0.3 is 9.30 Å². The summed E-state index contributed by atoms with van der Waals surface area (Å²) in [4.78, 5) is 4.14. The third-order valence-electron chi connectivity index (χ3n) is 2.06. The normalized spacial score (nSPS) is 10.1. The number of methoxy groups -OCH3 is 1. The number of aromatic nitrogens is 2. The van der Waals surface area contributed by atoms with Crippen molar-refractivity contribution in [2.45, 2.75) is 6.54 Å². The maximum absolute atomic E-state index is 5.17. The molecule has 14 heavy (non-hydrogen) atoms. The molecule has 0 radical (unpaired) electrons. The van der Waals surface area contributed by atoms with Gasteiger partial charge in [0.15, 0.2) is 0 Å². The van der Waals surface area contributed by atoms with Crippen molar-refractivity contribution in [2.75, 3.05) is 7.11 Å². The van der Waals surface area contributed by atoms with E-state index in [0.29, 0.717) is 5.88 Å². The number of nitrogens with zero attached hydrogens (tertiary/aromatic N) is 2. The monoisotopic (exact) mass is 188 g/mol. The quantitative estimate of drug-likeness (QED) is 0.736. The lowest BCUT2D eigenvalue weighted by molar-refractivity contribution is 0.391. The zero-order chi connectivity index (χ0) is 9.80. The minimum atomic E-state index is 0.696. The second-order valence-corrected chi connectivity index (χ2v) is 3.03. The molecule has 72 valence electrons. The third-order valence-corrected chi connectivity index (χ3v) is 2.06. The Morgan fingerprint density at radius 2 is 2.07 bits per heavy atom. The summed E-state index contributed by atoms with van der Waals surface area (Å²) < 4.78 is 7.25. The van der Waals surface area contributed by atoms with E-state index < -0.39 is 0 Å². The van der Waals surface area contributed by atoms with Gasteiger partial charge in [-0.2, -0.15) is 0 Å². The first kappa shape index (κ1) is 8.81. The number of hydrogen-bond acceptors (Lipinski definition) is 2. The molecule has 0 bridgehead atoms. The van der Waals surface area contributed by atoms with Gasteiger partial charge in [-0.1, -0.05) is 6.07 Å². The molecule has 0 amide bonds. The highest BCUT2D eigenvalue weighted by molar-refractivity contribution is 5.25. The van der Waals surface area contributed by atoms with Crippen LogP contribution in [0.4, 0.5) is 0 Å². The second-order valence-electron chi connectivity index (χ2n) is 3.03. The van der Waals surface area contributed by atoms with Crippen LogP contribution in [0, 0.1) is 0 Å². The first-order valence-electron chi connectivity index (χ1n) is 4.49. The molecule has 0 aliphatic carbocycles. The molecular weight excluding hydrogens is 176 g/mol. The summed E-state index contributed by atoms with van der Waals surface area (Å²) in [5.74, 6) is 0.696. The topological polar surface area (TPSA) is 27.1 Å². The van der Waals surface area contributed by atoms with Crippen molar-refractivity contribution in [1.29, 1.82) is 0 Å². The van der Waals surface area contributed by atoms with E-state index in [1.54, 1.807) is 13.3 Å². The van der Waals surface area contributed by atoms with Crippen LogP contribution in [0.1, 0.15) is 5.56 Å². The minimum Gasteiger partial charge on any atom is -0.481 e. The Morgan fingerprint density at radius 1 is 1.29 bits per heavy atom. The third kappa shape index (κ3) is 1.76. The summed E-state index contributed by atoms with van der Waals surface area (Å²) in [7, 11) is 1.64. The summed E-state index contributed by atoms with van der Waals surface area (Å²) in [5, 5.41) is 0. The van der Waals surface area contributed by atoms with Gasteiger partial charge in [0.05, 0.1) is 13.7 Å². The lowest BCUT2D eigenvalue weighted by Crippen LogP contribution is -2.00. The van der Waals surface area contributed by atoms with E-state index in [1.165, 1.54) is 0 Å². The molecule has 0 N–H and O–H groups in total. The molecule has 3 nitrogen and oxygen atoms in total. The fourth-order valence-corrected chi connectivity index (χ4v) is 1.40. The molecule has 0 saturated heterocycles. The first-order chi connectivity index (χ1) is 6.90. The number of pyridine rings is 1. The van der Waals surface area contributed by atoms with Crippen LogP contribution < -0.4 is 4.74 Å². The van der Waals surface area contributed by atoms with E-state index in [1.807, 2.05) is 36.7 Å². The average molecular weight is 188 g/mol. The molecule has 0 fully saturated rings. The number of hydrogen-bond donors (Lipinski definition) is 0. The summed E-state index contributed by atoms with van der Waals surface area (Å²) in [6, 6.07) is 7.94. The van der Waals surface area contributed by atoms with Crippen LogP contribution in [0.3, 0.4) is 0 Å². The van der Waals surface area contributed by atoms with Crippen molar-refractivity contribution in [3.8, 4) is 5.88 Å². The van der Waals surface area contributed by atoms with Crippen molar-refractivity contribution in [1.82, 2.24) is 9.55 Å². The molecule has 0 aliphatic rings. The molecular formula is C11H12N2O. The van der Waals surface area contributed by atoms with Gasteiger partial charge in [0.2, 0.25) is 5.88 Å². The van der Waals surface area contributed by atoms with Crippen molar-refractivity contribution in [3.63, 3.8) is 0 Å². The number of rotatable bonds is 3. The van der Waals surface area contributed by atoms with Gasteiger partial charge in [0.1, 0.15) is 0 Å². The van der Waals surface area contributed by atoms with Crippen LogP contribution >= 0.6 is 0 Å². The van der Waals surface area contributed by atoms with E-state index in [2.05, 4.69) is 9.55 Å². The van der Waals surface area contributed by atoms with Gasteiger partial charge in [0.25, 0.3) is 0 Å². The standard InChI is InChI=1S/C11H12N2O/c1-14-11-10(5-4-6-12-11)9-13-7-2-3-8-13/h2-8H,9H2,1H3. The van der Waals surface area contributed by atoms with Crippen molar-refractivity contribution < 1.29 is 4.74 Å². The summed E-state index contributed by atoms with van der Waals surface area (Å²) in [6.45, 7) is 0.796. The van der Waals surface area contributed by atoms with Crippen molar-refractivity contribution in [2.24, 2.45) is 0 Å². The Bertz CT molecular complexity index is 395. The Hall–Kier alpha value is -1.77. The summed E-state index contributed by atoms with van der Waals surface area (Å²) in [6.07, 6.45) is 5.77. The summed E-state index contributed by atoms with van der Waals surface area (Å²) >= 11 is 0. The maximum atomic E-state index is 5.17. The van der Waals surface area contributed by atoms with Crippen LogP contribution in [0.25, 0.3) is 0 Å². The molecule has 0 saturated carbocycles. The van der Waals surface area contributed by atoms with E-state index in [9.17, 15) is 0 Å². The van der Waals surface area contributed by atoms with Gasteiger partial charge in [-0.3, -0.25) is 0 Å². The highest BCUT2D eigenvalue weighted by atomic mass is 16.5. The van der Waals surface area contributed by atoms with Crippen LogP contribution in [0.5, 0.6) is 5.88 Å². The molecule has 0 spiro atoms. The van der Waals surface area contributed by atoms with Gasteiger partial charge in [-0.25, -0.2) is 4.98 Å². The molecule has 2 heterocycles. The fraction of sp³-hybridized carbons (Fsp3) is 0.182. The van der Waals surface area contributed by atoms with E-state index in [-0.39, 0.29) is 0 Å². The van der Waals surface area contributed by atoms with Gasteiger partial charge in [-0.05, 0) is 18.2 Å². The Balaban J connectivity index is 2.24. The largest absolute Gasteiger partial charge is 0.481 e. The van der Waals surface area contributed by atoms with Crippen LogP contribution in [-0.4, -0.2) is 16.7 Å². The van der Waals surface area contributed by atoms with Crippen molar-refractivity contribution >= 4 is 0 Å². The lowest BCUT2D eigenvalue weighted by atomic mass is 10.2. The minimum absolute atomic E-state index is 0.696. The van der Waals surface area contributed by atoms with Gasteiger partial charge in [0, 0.05) is 24.2 Å². The van der Waals surface area contributed by atoms with Crippen LogP contribution in [0.2, 0.25) is 0 Å². The highest BCUT2D eigenvalue weighted by Gasteiger charge is 2.02. The molecule has 0 unspecified atom stereocenters. The molecule has 0 aromatic carbocycles. The Labute approximate surface area is 83.0 Å². The average Bonchev–Trinajstić information content (AvgIpc) is 2.71. The fourth-order valence-electron chi connectivity index (χ4n) is 1.40. The SMILES string of the molecule is COc1ncccc1Cn1cccc1. The second kappa shape index (κ2) is 3.96. The zero-order valence-corrected chi connectivity index (χ0v) is 8.05. The van der Waals surface area contributed by atoms with Gasteiger partial charge in [-0.15, -0.1) is 0 Å². The van der Waals surface area contributed by atoms with E-state index in [4.69, 9.17) is 4.74 Å². The van der Waals surface area contributed by atoms with Crippen LogP contribution in [0.15, 0.2) is 42.9 Å².